The number of nitrogens with zero attached hydrogens (tertiary/aromatic N) is 2. The smallest absolute Gasteiger partial charge is 0.383 e. The van der Waals surface area contributed by atoms with E-state index < -0.39 is 48.5 Å². The zero-order valence-corrected chi connectivity index (χ0v) is 13.8. The second kappa shape index (κ2) is 7.38. The van der Waals surface area contributed by atoms with E-state index in [0.29, 0.717) is 0 Å². The van der Waals surface area contributed by atoms with Crippen LogP contribution in [0.1, 0.15) is 24.3 Å². The zero-order chi connectivity index (χ0) is 18.8. The summed E-state index contributed by atoms with van der Waals surface area (Å²) in [5.41, 5.74) is -0.00424. The maximum atomic E-state index is 13.3. The fourth-order valence-corrected chi connectivity index (χ4v) is 2.67. The summed E-state index contributed by atoms with van der Waals surface area (Å²) in [5, 5.41) is 12.1. The third-order valence-corrected chi connectivity index (χ3v) is 4.15. The lowest BCUT2D eigenvalue weighted by Gasteiger charge is -2.22. The zero-order valence-electron chi connectivity index (χ0n) is 13.8. The van der Waals surface area contributed by atoms with Crippen LogP contribution >= 0.6 is 0 Å². The van der Waals surface area contributed by atoms with Crippen molar-refractivity contribution in [1.82, 2.24) is 15.2 Å². The highest BCUT2D eigenvalue weighted by atomic mass is 19.4. The minimum atomic E-state index is -4.58. The van der Waals surface area contributed by atoms with Gasteiger partial charge in [-0.15, -0.1) is 0 Å². The molecule has 0 bridgehead atoms. The quantitative estimate of drug-likeness (QED) is 0.847. The van der Waals surface area contributed by atoms with E-state index in [1.165, 1.54) is 12.3 Å². The van der Waals surface area contributed by atoms with Crippen molar-refractivity contribution in [3.8, 4) is 0 Å². The van der Waals surface area contributed by atoms with E-state index in [9.17, 15) is 27.9 Å². The van der Waals surface area contributed by atoms with Crippen LogP contribution < -0.4 is 5.32 Å². The van der Waals surface area contributed by atoms with Crippen molar-refractivity contribution in [1.29, 1.82) is 0 Å². The van der Waals surface area contributed by atoms with E-state index in [2.05, 4.69) is 10.3 Å². The van der Waals surface area contributed by atoms with Gasteiger partial charge in [-0.25, -0.2) is 0 Å². The summed E-state index contributed by atoms with van der Waals surface area (Å²) in [7, 11) is 0. The third kappa shape index (κ3) is 4.47. The molecule has 1 aliphatic heterocycles. The van der Waals surface area contributed by atoms with Crippen molar-refractivity contribution in [2.75, 3.05) is 13.1 Å². The normalized spacial score (nSPS) is 22.1. The fourth-order valence-electron chi connectivity index (χ4n) is 2.67. The lowest BCUT2D eigenvalue weighted by atomic mass is 10.0. The number of pyridine rings is 1. The lowest BCUT2D eigenvalue weighted by Crippen LogP contribution is -2.46. The number of amides is 2. The van der Waals surface area contributed by atoms with Gasteiger partial charge in [0.25, 0.3) is 11.8 Å². The Balaban J connectivity index is 2.14. The summed E-state index contributed by atoms with van der Waals surface area (Å²) in [6.45, 7) is 2.28. The second-order valence-electron chi connectivity index (χ2n) is 6.38. The molecule has 0 spiro atoms. The van der Waals surface area contributed by atoms with Crippen LogP contribution in [0.15, 0.2) is 24.4 Å². The van der Waals surface area contributed by atoms with Crippen molar-refractivity contribution in [2.45, 2.75) is 32.2 Å². The molecule has 2 heterocycles. The van der Waals surface area contributed by atoms with Gasteiger partial charge in [-0.2, -0.15) is 13.2 Å². The predicted molar refractivity (Wildman–Crippen MR) is 82.5 cm³/mol. The Hall–Kier alpha value is -2.16. The van der Waals surface area contributed by atoms with Gasteiger partial charge in [0.2, 0.25) is 0 Å². The maximum absolute atomic E-state index is 13.3. The number of halogens is 3. The Labute approximate surface area is 143 Å². The molecule has 1 fully saturated rings. The number of hydrogen-bond donors (Lipinski definition) is 2. The van der Waals surface area contributed by atoms with E-state index in [4.69, 9.17) is 0 Å². The van der Waals surface area contributed by atoms with Gasteiger partial charge in [-0.3, -0.25) is 14.6 Å². The first-order chi connectivity index (χ1) is 11.6. The van der Waals surface area contributed by atoms with Crippen molar-refractivity contribution >= 4 is 11.8 Å². The number of nitrogens with one attached hydrogen (secondary N) is 1. The molecule has 2 N–H and O–H groups in total. The molecule has 6 nitrogen and oxygen atoms in total. The van der Waals surface area contributed by atoms with E-state index in [-0.39, 0.29) is 12.2 Å². The summed E-state index contributed by atoms with van der Waals surface area (Å²) >= 11 is 0. The number of aliphatic hydroxyl groups excluding tert-OH is 1. The minimum Gasteiger partial charge on any atom is -0.383 e. The van der Waals surface area contributed by atoms with Gasteiger partial charge in [-0.1, -0.05) is 19.9 Å². The molecule has 1 aromatic heterocycles. The number of likely N-dealkylation sites (tertiary alicyclic amines) is 1. The monoisotopic (exact) mass is 359 g/mol. The molecule has 25 heavy (non-hydrogen) atoms. The van der Waals surface area contributed by atoms with Gasteiger partial charge in [0.15, 0.2) is 0 Å². The van der Waals surface area contributed by atoms with Crippen LogP contribution in [0.2, 0.25) is 0 Å². The van der Waals surface area contributed by atoms with E-state index in [0.717, 1.165) is 4.90 Å². The SMILES string of the molecule is CC(C)[C@@H](O)C(=O)N1C[C@@H](C(F)(F)F)[C@H](NC(=O)c2ccccn2)C1. The van der Waals surface area contributed by atoms with Gasteiger partial charge in [0.05, 0.1) is 12.0 Å². The fraction of sp³-hybridized carbons (Fsp3) is 0.562. The molecule has 0 aliphatic carbocycles. The molecule has 0 aromatic carbocycles. The van der Waals surface area contributed by atoms with E-state index >= 15 is 0 Å². The molecular weight excluding hydrogens is 339 g/mol. The molecule has 0 saturated carbocycles. The van der Waals surface area contributed by atoms with Crippen LogP contribution in [0, 0.1) is 11.8 Å². The number of aliphatic hydroxyl groups is 1. The molecule has 0 radical (unpaired) electrons. The van der Waals surface area contributed by atoms with Crippen LogP contribution in [-0.2, 0) is 4.79 Å². The van der Waals surface area contributed by atoms with Gasteiger partial charge in [0.1, 0.15) is 11.8 Å². The Kier molecular flexibility index (Phi) is 5.66. The number of carbonyl (C=O) groups is 2. The summed E-state index contributed by atoms with van der Waals surface area (Å²) < 4.78 is 39.9. The van der Waals surface area contributed by atoms with Gasteiger partial charge in [0, 0.05) is 19.3 Å². The number of alkyl halides is 3. The van der Waals surface area contributed by atoms with Crippen LogP contribution in [0.5, 0.6) is 0 Å². The molecule has 1 aliphatic rings. The molecule has 138 valence electrons. The molecular formula is C16H20F3N3O3. The highest BCUT2D eigenvalue weighted by molar-refractivity contribution is 5.92. The number of carbonyl (C=O) groups excluding carboxylic acids is 2. The topological polar surface area (TPSA) is 82.5 Å². The van der Waals surface area contributed by atoms with E-state index in [1.54, 1.807) is 26.0 Å². The molecule has 2 rings (SSSR count). The van der Waals surface area contributed by atoms with Gasteiger partial charge in [-0.05, 0) is 18.1 Å². The first-order valence-electron chi connectivity index (χ1n) is 7.86. The summed E-state index contributed by atoms with van der Waals surface area (Å²) in [4.78, 5) is 29.0. The number of aromatic nitrogens is 1. The number of hydrogen-bond acceptors (Lipinski definition) is 4. The molecule has 1 saturated heterocycles. The minimum absolute atomic E-state index is 0.00424. The standard InChI is InChI=1S/C16H20F3N3O3/c1-9(2)13(23)15(25)22-7-10(16(17,18)19)12(8-22)21-14(24)11-5-3-4-6-20-11/h3-6,9-10,12-13,23H,7-8H2,1-2H3,(H,21,24)/t10-,12-,13-/m1/s1. The highest BCUT2D eigenvalue weighted by Crippen LogP contribution is 2.34. The van der Waals surface area contributed by atoms with Crippen molar-refractivity contribution < 1.29 is 27.9 Å². The molecule has 0 unspecified atom stereocenters. The van der Waals surface area contributed by atoms with Crippen molar-refractivity contribution in [2.24, 2.45) is 11.8 Å². The largest absolute Gasteiger partial charge is 0.395 e. The van der Waals surface area contributed by atoms with Crippen LogP contribution in [-0.4, -0.2) is 58.2 Å². The average molecular weight is 359 g/mol. The molecule has 1 aromatic rings. The third-order valence-electron chi connectivity index (χ3n) is 4.15. The van der Waals surface area contributed by atoms with Crippen LogP contribution in [0.25, 0.3) is 0 Å². The summed E-state index contributed by atoms with van der Waals surface area (Å²) in [6, 6.07) is 3.22. The lowest BCUT2D eigenvalue weighted by molar-refractivity contribution is -0.175. The first-order valence-corrected chi connectivity index (χ1v) is 7.86. The van der Waals surface area contributed by atoms with Crippen molar-refractivity contribution in [3.63, 3.8) is 0 Å². The van der Waals surface area contributed by atoms with Crippen LogP contribution in [0.3, 0.4) is 0 Å². The van der Waals surface area contributed by atoms with Gasteiger partial charge < -0.3 is 15.3 Å². The Morgan fingerprint density at radius 2 is 2.00 bits per heavy atom. The average Bonchev–Trinajstić information content (AvgIpc) is 2.98. The Bertz CT molecular complexity index is 622. The molecule has 2 amide bonds. The highest BCUT2D eigenvalue weighted by Gasteiger charge is 2.52. The summed E-state index contributed by atoms with van der Waals surface area (Å²) in [6.07, 6.45) is -4.60. The Morgan fingerprint density at radius 3 is 2.52 bits per heavy atom. The molecule has 9 heteroatoms. The maximum Gasteiger partial charge on any atom is 0.395 e. The van der Waals surface area contributed by atoms with Crippen molar-refractivity contribution in [3.05, 3.63) is 30.1 Å². The molecule has 3 atom stereocenters. The first kappa shape index (κ1) is 19.2. The van der Waals surface area contributed by atoms with Crippen LogP contribution in [0.4, 0.5) is 13.2 Å². The second-order valence-corrected chi connectivity index (χ2v) is 6.38. The van der Waals surface area contributed by atoms with Gasteiger partial charge >= 0.3 is 6.18 Å². The van der Waals surface area contributed by atoms with E-state index in [1.807, 2.05) is 0 Å². The predicted octanol–water partition coefficient (Wildman–Crippen LogP) is 1.22. The number of rotatable bonds is 4. The Morgan fingerprint density at radius 1 is 1.32 bits per heavy atom. The summed E-state index contributed by atoms with van der Waals surface area (Å²) in [5.74, 6) is -3.82.